The van der Waals surface area contributed by atoms with Crippen LogP contribution in [-0.2, 0) is 10.0 Å². The number of alkyl halides is 1. The molecular formula is C9H18INO2S. The highest BCUT2D eigenvalue weighted by Crippen LogP contribution is 2.26. The standard InChI is InChI=1S/C9H18INO2S/c1-3-4-9-8(5-7(2)10)6-14(12,13)11-9/h7-9,11H,3-6H2,1-2H3. The Hall–Kier alpha value is 0.640. The number of sulfonamides is 1. The number of hydrogen-bond donors (Lipinski definition) is 1. The van der Waals surface area contributed by atoms with Gasteiger partial charge in [-0.1, -0.05) is 42.9 Å². The van der Waals surface area contributed by atoms with Gasteiger partial charge in [0.25, 0.3) is 0 Å². The molecule has 1 heterocycles. The van der Waals surface area contributed by atoms with Gasteiger partial charge in [-0.05, 0) is 18.8 Å². The Labute approximate surface area is 100 Å². The molecule has 3 unspecified atom stereocenters. The lowest BCUT2D eigenvalue weighted by Gasteiger charge is -2.17. The van der Waals surface area contributed by atoms with Crippen LogP contribution in [0.1, 0.15) is 33.1 Å². The fourth-order valence-electron chi connectivity index (χ4n) is 2.03. The summed E-state index contributed by atoms with van der Waals surface area (Å²) >= 11 is 2.36. The zero-order valence-electron chi connectivity index (χ0n) is 8.66. The van der Waals surface area contributed by atoms with Gasteiger partial charge in [0.05, 0.1) is 5.75 Å². The van der Waals surface area contributed by atoms with E-state index in [1.807, 2.05) is 0 Å². The third kappa shape index (κ3) is 3.66. The second kappa shape index (κ2) is 5.12. The van der Waals surface area contributed by atoms with Crippen molar-refractivity contribution in [3.05, 3.63) is 0 Å². The van der Waals surface area contributed by atoms with Crippen molar-refractivity contribution in [1.29, 1.82) is 0 Å². The SMILES string of the molecule is CCCC1NS(=O)(=O)CC1CC(C)I. The summed E-state index contributed by atoms with van der Waals surface area (Å²) in [5.41, 5.74) is 0. The van der Waals surface area contributed by atoms with E-state index >= 15 is 0 Å². The second-order valence-electron chi connectivity index (χ2n) is 4.07. The van der Waals surface area contributed by atoms with Crippen LogP contribution in [0.25, 0.3) is 0 Å². The van der Waals surface area contributed by atoms with Gasteiger partial charge in [-0.3, -0.25) is 0 Å². The Morgan fingerprint density at radius 3 is 2.71 bits per heavy atom. The second-order valence-corrected chi connectivity index (χ2v) is 8.00. The van der Waals surface area contributed by atoms with Crippen LogP contribution in [-0.4, -0.2) is 24.1 Å². The zero-order valence-corrected chi connectivity index (χ0v) is 11.6. The molecule has 1 fully saturated rings. The minimum Gasteiger partial charge on any atom is -0.212 e. The Morgan fingerprint density at radius 1 is 1.57 bits per heavy atom. The molecule has 1 N–H and O–H groups in total. The van der Waals surface area contributed by atoms with Crippen molar-refractivity contribution in [3.8, 4) is 0 Å². The van der Waals surface area contributed by atoms with Crippen molar-refractivity contribution >= 4 is 32.6 Å². The van der Waals surface area contributed by atoms with Gasteiger partial charge >= 0.3 is 0 Å². The molecule has 0 radical (unpaired) electrons. The maximum atomic E-state index is 11.4. The minimum atomic E-state index is -2.97. The maximum absolute atomic E-state index is 11.4. The van der Waals surface area contributed by atoms with Gasteiger partial charge in [-0.2, -0.15) is 0 Å². The fraction of sp³-hybridized carbons (Fsp3) is 1.00. The highest BCUT2D eigenvalue weighted by molar-refractivity contribution is 14.1. The summed E-state index contributed by atoms with van der Waals surface area (Å²) in [4.78, 5) is 0. The Balaban J connectivity index is 2.62. The quantitative estimate of drug-likeness (QED) is 0.632. The number of halogens is 1. The Kier molecular flexibility index (Phi) is 4.64. The van der Waals surface area contributed by atoms with E-state index in [1.165, 1.54) is 0 Å². The molecule has 0 aromatic rings. The van der Waals surface area contributed by atoms with E-state index in [2.05, 4.69) is 41.2 Å². The molecule has 0 aliphatic carbocycles. The first-order valence-electron chi connectivity index (χ1n) is 5.08. The molecular weight excluding hydrogens is 313 g/mol. The van der Waals surface area contributed by atoms with Crippen LogP contribution in [0.2, 0.25) is 0 Å². The van der Waals surface area contributed by atoms with Crippen LogP contribution in [0.15, 0.2) is 0 Å². The van der Waals surface area contributed by atoms with Crippen molar-refractivity contribution in [2.45, 2.75) is 43.1 Å². The molecule has 1 aliphatic rings. The van der Waals surface area contributed by atoms with Crippen LogP contribution in [0.4, 0.5) is 0 Å². The number of hydrogen-bond acceptors (Lipinski definition) is 2. The van der Waals surface area contributed by atoms with Gasteiger partial charge in [0.15, 0.2) is 0 Å². The molecule has 0 spiro atoms. The van der Waals surface area contributed by atoms with Gasteiger partial charge in [0.2, 0.25) is 10.0 Å². The van der Waals surface area contributed by atoms with Gasteiger partial charge in [0, 0.05) is 9.97 Å². The molecule has 1 aliphatic heterocycles. The minimum absolute atomic E-state index is 0.183. The van der Waals surface area contributed by atoms with Crippen LogP contribution >= 0.6 is 22.6 Å². The van der Waals surface area contributed by atoms with Gasteiger partial charge in [0.1, 0.15) is 0 Å². The summed E-state index contributed by atoms with van der Waals surface area (Å²) in [5.74, 6) is 0.636. The first kappa shape index (κ1) is 12.7. The van der Waals surface area contributed by atoms with E-state index in [0.29, 0.717) is 15.6 Å². The zero-order chi connectivity index (χ0) is 10.8. The molecule has 0 saturated carbocycles. The Bertz CT molecular complexity index is 277. The topological polar surface area (TPSA) is 46.2 Å². The summed E-state index contributed by atoms with van der Waals surface area (Å²) in [5, 5.41) is 0. The van der Waals surface area contributed by atoms with Crippen LogP contribution in [0.3, 0.4) is 0 Å². The monoisotopic (exact) mass is 331 g/mol. The first-order chi connectivity index (χ1) is 6.44. The lowest BCUT2D eigenvalue weighted by molar-refractivity contribution is 0.413. The molecule has 5 heteroatoms. The van der Waals surface area contributed by atoms with E-state index in [-0.39, 0.29) is 6.04 Å². The molecule has 1 rings (SSSR count). The molecule has 0 amide bonds. The summed E-state index contributed by atoms with van der Waals surface area (Å²) in [6.07, 6.45) is 3.00. The third-order valence-corrected chi connectivity index (χ3v) is 4.60. The smallest absolute Gasteiger partial charge is 0.212 e. The third-order valence-electron chi connectivity index (χ3n) is 2.56. The summed E-state index contributed by atoms with van der Waals surface area (Å²) in [7, 11) is -2.97. The van der Waals surface area contributed by atoms with Gasteiger partial charge in [-0.25, -0.2) is 13.1 Å². The highest BCUT2D eigenvalue weighted by Gasteiger charge is 2.36. The largest absolute Gasteiger partial charge is 0.212 e. The normalized spacial score (nSPS) is 33.1. The Morgan fingerprint density at radius 2 is 2.21 bits per heavy atom. The van der Waals surface area contributed by atoms with Crippen LogP contribution in [0, 0.1) is 5.92 Å². The van der Waals surface area contributed by atoms with E-state index in [9.17, 15) is 8.42 Å². The lowest BCUT2D eigenvalue weighted by atomic mass is 9.94. The number of rotatable bonds is 4. The summed E-state index contributed by atoms with van der Waals surface area (Å²) in [6, 6.07) is 0.183. The van der Waals surface area contributed by atoms with Crippen molar-refractivity contribution < 1.29 is 8.42 Å². The average molecular weight is 331 g/mol. The molecule has 14 heavy (non-hydrogen) atoms. The highest BCUT2D eigenvalue weighted by atomic mass is 127. The molecule has 0 aromatic carbocycles. The van der Waals surface area contributed by atoms with Gasteiger partial charge in [-0.15, -0.1) is 0 Å². The first-order valence-corrected chi connectivity index (χ1v) is 7.98. The predicted molar refractivity (Wildman–Crippen MR) is 67.2 cm³/mol. The maximum Gasteiger partial charge on any atom is 0.212 e. The average Bonchev–Trinajstić information content (AvgIpc) is 2.25. The predicted octanol–water partition coefficient (Wildman–Crippen LogP) is 1.92. The van der Waals surface area contributed by atoms with Crippen LogP contribution in [0.5, 0.6) is 0 Å². The molecule has 3 nitrogen and oxygen atoms in total. The molecule has 0 aromatic heterocycles. The summed E-state index contributed by atoms with van der Waals surface area (Å²) < 4.78 is 26.1. The van der Waals surface area contributed by atoms with Crippen molar-refractivity contribution in [2.75, 3.05) is 5.75 Å². The van der Waals surface area contributed by atoms with Crippen LogP contribution < -0.4 is 4.72 Å². The van der Waals surface area contributed by atoms with Crippen molar-refractivity contribution in [3.63, 3.8) is 0 Å². The number of nitrogens with one attached hydrogen (secondary N) is 1. The van der Waals surface area contributed by atoms with E-state index in [4.69, 9.17) is 0 Å². The van der Waals surface area contributed by atoms with Crippen molar-refractivity contribution in [1.82, 2.24) is 4.72 Å². The molecule has 1 saturated heterocycles. The van der Waals surface area contributed by atoms with E-state index in [1.54, 1.807) is 0 Å². The van der Waals surface area contributed by atoms with Crippen molar-refractivity contribution in [2.24, 2.45) is 5.92 Å². The molecule has 0 bridgehead atoms. The lowest BCUT2D eigenvalue weighted by Crippen LogP contribution is -2.29. The van der Waals surface area contributed by atoms with Gasteiger partial charge < -0.3 is 0 Å². The van der Waals surface area contributed by atoms with E-state index < -0.39 is 10.0 Å². The van der Waals surface area contributed by atoms with E-state index in [0.717, 1.165) is 19.3 Å². The molecule has 3 atom stereocenters. The summed E-state index contributed by atoms with van der Waals surface area (Å²) in [6.45, 7) is 4.23. The molecule has 84 valence electrons. The fourth-order valence-corrected chi connectivity index (χ4v) is 4.48.